The molecule has 0 N–H and O–H groups in total. The van der Waals surface area contributed by atoms with E-state index in [1.807, 2.05) is 36.4 Å². The molecule has 1 aliphatic rings. The monoisotopic (exact) mass is 323 g/mol. The lowest BCUT2D eigenvalue weighted by Crippen LogP contribution is -2.28. The highest BCUT2D eigenvalue weighted by Gasteiger charge is 2.26. The molecule has 0 aliphatic carbocycles. The van der Waals surface area contributed by atoms with E-state index in [0.717, 1.165) is 24.3 Å². The first-order valence-corrected chi connectivity index (χ1v) is 8.55. The third-order valence-electron chi connectivity index (χ3n) is 4.56. The first kappa shape index (κ1) is 15.1. The average Bonchev–Trinajstić information content (AvgIpc) is 3.26. The summed E-state index contributed by atoms with van der Waals surface area (Å²) in [5, 5.41) is 8.44. The van der Waals surface area contributed by atoms with Gasteiger partial charge in [0.05, 0.1) is 18.8 Å². The van der Waals surface area contributed by atoms with Gasteiger partial charge in [0.15, 0.2) is 0 Å². The molecule has 3 heterocycles. The standard InChI is InChI=1S/C19H21N3O2/c1-3-8-15(9-4-1)19-21-20-18(24-19)14-22-12-6-2-5-10-16(22)17-11-7-13-23-17/h1,3-4,7-9,11,13,16H,2,5-6,10,12,14H2/t16-/m0/s1. The molecule has 1 aliphatic heterocycles. The largest absolute Gasteiger partial charge is 0.468 e. The number of nitrogens with zero attached hydrogens (tertiary/aromatic N) is 3. The molecule has 0 unspecified atom stereocenters. The molecule has 5 nitrogen and oxygen atoms in total. The highest BCUT2D eigenvalue weighted by atomic mass is 16.4. The van der Waals surface area contributed by atoms with Gasteiger partial charge in [-0.25, -0.2) is 0 Å². The Labute approximate surface area is 141 Å². The molecule has 5 heteroatoms. The van der Waals surface area contributed by atoms with E-state index in [4.69, 9.17) is 8.83 Å². The molecule has 3 aromatic rings. The number of hydrogen-bond donors (Lipinski definition) is 0. The third kappa shape index (κ3) is 3.26. The Morgan fingerprint density at radius 3 is 2.75 bits per heavy atom. The molecule has 0 radical (unpaired) electrons. The van der Waals surface area contributed by atoms with Gasteiger partial charge in [0.2, 0.25) is 11.8 Å². The SMILES string of the molecule is c1ccc(-c2nnc(CN3CCCCC[C@H]3c3ccco3)o2)cc1. The maximum atomic E-state index is 5.88. The number of benzene rings is 1. The van der Waals surface area contributed by atoms with Crippen LogP contribution in [-0.4, -0.2) is 21.6 Å². The van der Waals surface area contributed by atoms with Crippen molar-refractivity contribution in [1.82, 2.24) is 15.1 Å². The average molecular weight is 323 g/mol. The summed E-state index contributed by atoms with van der Waals surface area (Å²) < 4.78 is 11.5. The van der Waals surface area contributed by atoms with Crippen LogP contribution in [0.25, 0.3) is 11.5 Å². The van der Waals surface area contributed by atoms with Gasteiger partial charge in [0, 0.05) is 5.56 Å². The molecule has 1 saturated heterocycles. The van der Waals surface area contributed by atoms with Crippen LogP contribution >= 0.6 is 0 Å². The second-order valence-corrected chi connectivity index (χ2v) is 6.22. The fourth-order valence-corrected chi connectivity index (χ4v) is 3.35. The summed E-state index contributed by atoms with van der Waals surface area (Å²) in [4.78, 5) is 2.40. The van der Waals surface area contributed by atoms with Crippen molar-refractivity contribution in [2.24, 2.45) is 0 Å². The summed E-state index contributed by atoms with van der Waals surface area (Å²) in [6.07, 6.45) is 6.52. The van der Waals surface area contributed by atoms with Crippen LogP contribution in [0.4, 0.5) is 0 Å². The maximum absolute atomic E-state index is 5.88. The van der Waals surface area contributed by atoms with Crippen molar-refractivity contribution < 1.29 is 8.83 Å². The predicted molar refractivity (Wildman–Crippen MR) is 90.1 cm³/mol. The maximum Gasteiger partial charge on any atom is 0.247 e. The van der Waals surface area contributed by atoms with Crippen LogP contribution in [-0.2, 0) is 6.54 Å². The lowest BCUT2D eigenvalue weighted by atomic mass is 10.1. The van der Waals surface area contributed by atoms with Crippen molar-refractivity contribution >= 4 is 0 Å². The topological polar surface area (TPSA) is 55.3 Å². The van der Waals surface area contributed by atoms with Gasteiger partial charge in [0.25, 0.3) is 0 Å². The zero-order valence-electron chi connectivity index (χ0n) is 13.6. The predicted octanol–water partition coefficient (Wildman–Crippen LogP) is 4.45. The summed E-state index contributed by atoms with van der Waals surface area (Å²) in [5.41, 5.74) is 0.953. The molecule has 1 atom stereocenters. The summed E-state index contributed by atoms with van der Waals surface area (Å²) in [7, 11) is 0. The Balaban J connectivity index is 1.53. The van der Waals surface area contributed by atoms with Crippen molar-refractivity contribution in [3.63, 3.8) is 0 Å². The van der Waals surface area contributed by atoms with Crippen LogP contribution in [0.1, 0.15) is 43.4 Å². The van der Waals surface area contributed by atoms with Gasteiger partial charge in [-0.2, -0.15) is 0 Å². The lowest BCUT2D eigenvalue weighted by Gasteiger charge is -2.26. The van der Waals surface area contributed by atoms with Gasteiger partial charge >= 0.3 is 0 Å². The quantitative estimate of drug-likeness (QED) is 0.710. The van der Waals surface area contributed by atoms with Gasteiger partial charge in [-0.1, -0.05) is 31.0 Å². The van der Waals surface area contributed by atoms with Gasteiger partial charge in [-0.3, -0.25) is 4.90 Å². The molecule has 0 spiro atoms. The molecule has 1 aromatic carbocycles. The van der Waals surface area contributed by atoms with E-state index in [1.165, 1.54) is 19.3 Å². The molecule has 1 fully saturated rings. The molecule has 0 bridgehead atoms. The normalized spacial score (nSPS) is 19.2. The Kier molecular flexibility index (Phi) is 4.42. The zero-order valence-corrected chi connectivity index (χ0v) is 13.6. The fourth-order valence-electron chi connectivity index (χ4n) is 3.35. The number of aromatic nitrogens is 2. The zero-order chi connectivity index (χ0) is 16.2. The smallest absolute Gasteiger partial charge is 0.247 e. The number of furan rings is 1. The van der Waals surface area contributed by atoms with E-state index in [0.29, 0.717) is 18.3 Å². The van der Waals surface area contributed by atoms with Gasteiger partial charge in [0.1, 0.15) is 5.76 Å². The second-order valence-electron chi connectivity index (χ2n) is 6.22. The Bertz CT molecular complexity index is 752. The van der Waals surface area contributed by atoms with Crippen molar-refractivity contribution in [2.75, 3.05) is 6.54 Å². The van der Waals surface area contributed by atoms with Crippen molar-refractivity contribution in [2.45, 2.75) is 38.3 Å². The summed E-state index contributed by atoms with van der Waals surface area (Å²) in [5.74, 6) is 2.27. The molecule has 0 saturated carbocycles. The lowest BCUT2D eigenvalue weighted by molar-refractivity contribution is 0.155. The Morgan fingerprint density at radius 1 is 1.00 bits per heavy atom. The van der Waals surface area contributed by atoms with Crippen LogP contribution in [0.2, 0.25) is 0 Å². The van der Waals surface area contributed by atoms with Gasteiger partial charge < -0.3 is 8.83 Å². The van der Waals surface area contributed by atoms with Crippen LogP contribution in [0.5, 0.6) is 0 Å². The molecular formula is C19H21N3O2. The van der Waals surface area contributed by atoms with Crippen LogP contribution in [0.15, 0.2) is 57.6 Å². The summed E-state index contributed by atoms with van der Waals surface area (Å²) in [6.45, 7) is 1.68. The van der Waals surface area contributed by atoms with Crippen molar-refractivity contribution in [3.05, 3.63) is 60.4 Å². The number of likely N-dealkylation sites (tertiary alicyclic amines) is 1. The van der Waals surface area contributed by atoms with E-state index in [9.17, 15) is 0 Å². The highest BCUT2D eigenvalue weighted by Crippen LogP contribution is 2.31. The molecule has 24 heavy (non-hydrogen) atoms. The van der Waals surface area contributed by atoms with Crippen LogP contribution in [0.3, 0.4) is 0 Å². The first-order valence-electron chi connectivity index (χ1n) is 8.55. The van der Waals surface area contributed by atoms with E-state index >= 15 is 0 Å². The summed E-state index contributed by atoms with van der Waals surface area (Å²) in [6, 6.07) is 14.2. The second kappa shape index (κ2) is 7.01. The van der Waals surface area contributed by atoms with E-state index in [1.54, 1.807) is 6.26 Å². The third-order valence-corrected chi connectivity index (χ3v) is 4.56. The van der Waals surface area contributed by atoms with Crippen LogP contribution < -0.4 is 0 Å². The van der Waals surface area contributed by atoms with Crippen molar-refractivity contribution in [3.8, 4) is 11.5 Å². The molecule has 2 aromatic heterocycles. The Hall–Kier alpha value is -2.40. The van der Waals surface area contributed by atoms with E-state index in [2.05, 4.69) is 21.2 Å². The minimum Gasteiger partial charge on any atom is -0.468 e. The van der Waals surface area contributed by atoms with Gasteiger partial charge in [-0.05, 0) is 43.7 Å². The first-order chi connectivity index (χ1) is 11.9. The van der Waals surface area contributed by atoms with E-state index in [-0.39, 0.29) is 6.04 Å². The number of hydrogen-bond acceptors (Lipinski definition) is 5. The fraction of sp³-hybridized carbons (Fsp3) is 0.368. The molecule has 4 rings (SSSR count). The minimum absolute atomic E-state index is 0.287. The van der Waals surface area contributed by atoms with E-state index < -0.39 is 0 Å². The summed E-state index contributed by atoms with van der Waals surface area (Å²) >= 11 is 0. The molecule has 124 valence electrons. The van der Waals surface area contributed by atoms with Crippen LogP contribution in [0, 0.1) is 0 Å². The molecular weight excluding hydrogens is 302 g/mol. The minimum atomic E-state index is 0.287. The number of rotatable bonds is 4. The Morgan fingerprint density at radius 2 is 1.92 bits per heavy atom. The highest BCUT2D eigenvalue weighted by molar-refractivity contribution is 5.51. The molecule has 0 amide bonds. The van der Waals surface area contributed by atoms with Crippen molar-refractivity contribution in [1.29, 1.82) is 0 Å². The van der Waals surface area contributed by atoms with Gasteiger partial charge in [-0.15, -0.1) is 10.2 Å².